The van der Waals surface area contributed by atoms with E-state index in [1.165, 1.54) is 31.1 Å². The Balaban J connectivity index is 0.00000441. The Morgan fingerprint density at radius 1 is 1.10 bits per heavy atom. The van der Waals surface area contributed by atoms with E-state index in [0.717, 1.165) is 0 Å². The zero-order chi connectivity index (χ0) is 29.3. The zero-order valence-electron chi connectivity index (χ0n) is 22.5. The van der Waals surface area contributed by atoms with E-state index in [0.29, 0.717) is 5.56 Å². The molecule has 0 saturated heterocycles. The summed E-state index contributed by atoms with van der Waals surface area (Å²) < 4.78 is 0. The molecule has 1 fully saturated rings. The predicted octanol–water partition coefficient (Wildman–Crippen LogP) is -0.582. The number of amides is 2. The monoisotopic (exact) mass is 580 g/mol. The van der Waals surface area contributed by atoms with Gasteiger partial charge >= 0.3 is 0 Å². The van der Waals surface area contributed by atoms with Gasteiger partial charge in [0.1, 0.15) is 22.8 Å². The smallest absolute Gasteiger partial charge is 0.255 e. The normalized spacial score (nSPS) is 29.6. The molecule has 3 aliphatic rings. The molecule has 40 heavy (non-hydrogen) atoms. The van der Waals surface area contributed by atoms with Gasteiger partial charge in [0.15, 0.2) is 11.4 Å². The van der Waals surface area contributed by atoms with Gasteiger partial charge in [-0.25, -0.2) is 0 Å². The van der Waals surface area contributed by atoms with E-state index in [1.807, 2.05) is 0 Å². The summed E-state index contributed by atoms with van der Waals surface area (Å²) in [5, 5.41) is 59.1. The van der Waals surface area contributed by atoms with Crippen molar-refractivity contribution in [1.29, 1.82) is 0 Å². The van der Waals surface area contributed by atoms with E-state index in [4.69, 9.17) is 5.73 Å². The third-order valence-corrected chi connectivity index (χ3v) is 7.86. The Bertz CT molecular complexity index is 1370. The number of hydrogen-bond acceptors (Lipinski definition) is 11. The highest BCUT2D eigenvalue weighted by molar-refractivity contribution is 6.24. The lowest BCUT2D eigenvalue weighted by Crippen LogP contribution is -2.70. The number of Topliss-reactive ketones (excluding diaryl/α,β-unsaturated/α-hetero) is 2. The number of ketones is 2. The number of likely N-dealkylation sites (N-methyl/N-ethyl adjacent to an activating group) is 2. The maximum Gasteiger partial charge on any atom is 0.255 e. The number of nitrogens with zero attached hydrogens (tertiary/aromatic N) is 2. The van der Waals surface area contributed by atoms with E-state index in [9.17, 15) is 44.7 Å². The number of aromatic hydroxyl groups is 1. The van der Waals surface area contributed by atoms with Gasteiger partial charge in [0, 0.05) is 11.5 Å². The minimum atomic E-state index is -2.99. The first-order valence-electron chi connectivity index (χ1n) is 12.2. The molecule has 4 rings (SSSR count). The fourth-order valence-corrected chi connectivity index (χ4v) is 6.19. The first-order chi connectivity index (χ1) is 18.1. The Labute approximate surface area is 236 Å². The topological polar surface area (TPSA) is 214 Å². The fourth-order valence-electron chi connectivity index (χ4n) is 6.19. The summed E-state index contributed by atoms with van der Waals surface area (Å²) >= 11 is 0. The lowest BCUT2D eigenvalue weighted by atomic mass is 9.54. The SMILES string of the molecule is CC1c2ccc(NC(=O)CN(C)C)c(O)c2C(O)=C2C(=O)C3(O)C(O)=C(C(N)=O)C(=O)[C@@H](N(C)C)C3C(O)C21.Cl. The van der Waals surface area contributed by atoms with Crippen LogP contribution in [0, 0.1) is 11.8 Å². The molecule has 0 radical (unpaired) electrons. The molecule has 0 bridgehead atoms. The van der Waals surface area contributed by atoms with Crippen LogP contribution >= 0.6 is 12.4 Å². The van der Waals surface area contributed by atoms with Crippen LogP contribution in [0.4, 0.5) is 5.69 Å². The number of phenolic OH excluding ortho intramolecular Hbond substituents is 1. The van der Waals surface area contributed by atoms with Crippen LogP contribution < -0.4 is 11.1 Å². The van der Waals surface area contributed by atoms with Crippen LogP contribution in [0.1, 0.15) is 24.0 Å². The minimum Gasteiger partial charge on any atom is -0.508 e. The maximum absolute atomic E-state index is 14.0. The summed E-state index contributed by atoms with van der Waals surface area (Å²) in [6.45, 7) is 1.63. The average molecular weight is 581 g/mol. The van der Waals surface area contributed by atoms with E-state index in [2.05, 4.69) is 5.32 Å². The number of aliphatic hydroxyl groups excluding tert-OH is 3. The van der Waals surface area contributed by atoms with Crippen molar-refractivity contribution >= 4 is 47.2 Å². The number of benzene rings is 1. The van der Waals surface area contributed by atoms with Crippen LogP contribution in [-0.2, 0) is 19.2 Å². The van der Waals surface area contributed by atoms with E-state index >= 15 is 0 Å². The van der Waals surface area contributed by atoms with E-state index in [-0.39, 0.29) is 30.2 Å². The Hall–Kier alpha value is -3.49. The highest BCUT2D eigenvalue weighted by Gasteiger charge is 2.68. The van der Waals surface area contributed by atoms with Gasteiger partial charge in [-0.15, -0.1) is 12.4 Å². The molecule has 0 heterocycles. The van der Waals surface area contributed by atoms with Gasteiger partial charge in [-0.1, -0.05) is 13.0 Å². The average Bonchev–Trinajstić information content (AvgIpc) is 2.82. The van der Waals surface area contributed by atoms with Crippen molar-refractivity contribution in [2.24, 2.45) is 17.6 Å². The van der Waals surface area contributed by atoms with Crippen LogP contribution in [0.2, 0.25) is 0 Å². The van der Waals surface area contributed by atoms with Crippen molar-refractivity contribution in [3.63, 3.8) is 0 Å². The summed E-state index contributed by atoms with van der Waals surface area (Å²) in [4.78, 5) is 54.4. The standard InChI is InChI=1S/C26H32N4O9.ClH/c1-9-10-6-7-11(28-12(31)8-29(2)3)19(32)14(10)20(33)15-13(9)21(34)17-18(30(4)5)22(35)16(25(27)38)24(37)26(17,39)23(15)36;/h6-7,9,13,17-18,21,32-34,37,39H,8H2,1-5H3,(H2,27,38)(H,28,31);1H/t9?,13?,17?,18-,21?,26?;/m0./s1. The molecule has 0 aromatic heterocycles. The van der Waals surface area contributed by atoms with Gasteiger partial charge in [0.05, 0.1) is 35.9 Å². The number of primary amides is 1. The second kappa shape index (κ2) is 10.5. The van der Waals surface area contributed by atoms with Gasteiger partial charge in [0.2, 0.25) is 11.7 Å². The number of hydrogen-bond donors (Lipinski definition) is 7. The fraction of sp³-hybridized carbons (Fsp3) is 0.462. The molecule has 1 aromatic carbocycles. The molecule has 14 heteroatoms. The molecule has 0 aliphatic heterocycles. The number of carbonyl (C=O) groups is 4. The molecule has 3 aliphatic carbocycles. The molecular formula is C26H33ClN4O9. The Kier molecular flexibility index (Phi) is 8.14. The summed E-state index contributed by atoms with van der Waals surface area (Å²) in [6.07, 6.45) is -1.68. The van der Waals surface area contributed by atoms with Crippen molar-refractivity contribution < 1.29 is 44.7 Å². The van der Waals surface area contributed by atoms with Crippen molar-refractivity contribution in [3.8, 4) is 5.75 Å². The first-order valence-corrected chi connectivity index (χ1v) is 12.2. The van der Waals surface area contributed by atoms with Gasteiger partial charge in [-0.05, 0) is 45.7 Å². The number of fused-ring (bicyclic) bond motifs is 3. The van der Waals surface area contributed by atoms with E-state index in [1.54, 1.807) is 25.9 Å². The van der Waals surface area contributed by atoms with Crippen LogP contribution in [0.15, 0.2) is 29.0 Å². The van der Waals surface area contributed by atoms with Gasteiger partial charge in [-0.2, -0.15) is 0 Å². The number of anilines is 1. The molecule has 0 spiro atoms. The van der Waals surface area contributed by atoms with Crippen molar-refractivity contribution in [2.75, 3.05) is 40.1 Å². The van der Waals surface area contributed by atoms with Gasteiger partial charge in [-0.3, -0.25) is 24.1 Å². The van der Waals surface area contributed by atoms with Gasteiger partial charge < -0.3 is 41.5 Å². The first kappa shape index (κ1) is 31.0. The summed E-state index contributed by atoms with van der Waals surface area (Å²) in [5.41, 5.74) is 0.921. The van der Waals surface area contributed by atoms with Crippen molar-refractivity contribution in [3.05, 3.63) is 40.2 Å². The molecule has 6 atom stereocenters. The third kappa shape index (κ3) is 4.25. The van der Waals surface area contributed by atoms with Crippen LogP contribution in [0.3, 0.4) is 0 Å². The summed E-state index contributed by atoms with van der Waals surface area (Å²) in [6, 6.07) is 1.52. The van der Waals surface area contributed by atoms with Crippen LogP contribution in [0.5, 0.6) is 5.75 Å². The number of nitrogens with two attached hydrogens (primary N) is 1. The third-order valence-electron chi connectivity index (χ3n) is 7.86. The number of aliphatic hydroxyl groups is 4. The molecule has 5 unspecified atom stereocenters. The largest absolute Gasteiger partial charge is 0.508 e. The summed E-state index contributed by atoms with van der Waals surface area (Å²) in [5.74, 6) is -10.2. The number of phenols is 1. The van der Waals surface area contributed by atoms with Crippen LogP contribution in [-0.4, -0.2) is 111 Å². The van der Waals surface area contributed by atoms with Gasteiger partial charge in [0.25, 0.3) is 5.91 Å². The molecule has 2 amide bonds. The molecule has 218 valence electrons. The lowest BCUT2D eigenvalue weighted by Gasteiger charge is -2.53. The zero-order valence-corrected chi connectivity index (χ0v) is 23.3. The molecule has 8 N–H and O–H groups in total. The van der Waals surface area contributed by atoms with Crippen molar-refractivity contribution in [1.82, 2.24) is 9.80 Å². The molecule has 13 nitrogen and oxygen atoms in total. The molecule has 1 saturated carbocycles. The minimum absolute atomic E-state index is 0. The number of rotatable bonds is 5. The lowest BCUT2D eigenvalue weighted by molar-refractivity contribution is -0.169. The second-order valence-corrected chi connectivity index (χ2v) is 10.8. The highest BCUT2D eigenvalue weighted by Crippen LogP contribution is 2.56. The predicted molar refractivity (Wildman–Crippen MR) is 145 cm³/mol. The maximum atomic E-state index is 14.0. The second-order valence-electron chi connectivity index (χ2n) is 10.8. The summed E-state index contributed by atoms with van der Waals surface area (Å²) in [7, 11) is 6.23. The number of halogens is 1. The Morgan fingerprint density at radius 3 is 2.23 bits per heavy atom. The Morgan fingerprint density at radius 2 is 1.70 bits per heavy atom. The van der Waals surface area contributed by atoms with Crippen LogP contribution in [0.25, 0.3) is 5.76 Å². The number of carbonyl (C=O) groups excluding carboxylic acids is 4. The number of nitrogens with one attached hydrogen (secondary N) is 1. The highest BCUT2D eigenvalue weighted by atomic mass is 35.5. The molecular weight excluding hydrogens is 548 g/mol. The quantitative estimate of drug-likeness (QED) is 0.173. The molecule has 1 aromatic rings. The van der Waals surface area contributed by atoms with Crippen molar-refractivity contribution in [2.45, 2.75) is 30.6 Å². The van der Waals surface area contributed by atoms with E-state index < -0.39 is 87.3 Å².